The second-order valence-electron chi connectivity index (χ2n) is 15.0. The molecule has 0 N–H and O–H groups in total. The molecule has 0 saturated carbocycles. The van der Waals surface area contributed by atoms with Gasteiger partial charge in [0.2, 0.25) is 0 Å². The van der Waals surface area contributed by atoms with Crippen molar-refractivity contribution in [2.24, 2.45) is 28.1 Å². The zero-order valence-electron chi connectivity index (χ0n) is 25.1. The first-order chi connectivity index (χ1) is 14.5. The smallest absolute Gasteiger partial charge is 0.0883 e. The van der Waals surface area contributed by atoms with Crippen LogP contribution in [0.15, 0.2) is 6.20 Å². The normalized spacial score (nSPS) is 15.9. The number of nitrogens with zero attached hydrogens (tertiary/aromatic N) is 3. The first kappa shape index (κ1) is 30.1. The van der Waals surface area contributed by atoms with E-state index in [2.05, 4.69) is 132 Å². The number of rotatable bonds is 11. The first-order valence-corrected chi connectivity index (χ1v) is 13.0. The molecule has 194 valence electrons. The summed E-state index contributed by atoms with van der Waals surface area (Å²) < 4.78 is 8.61. The van der Waals surface area contributed by atoms with Crippen LogP contribution in [0.4, 0.5) is 0 Å². The van der Waals surface area contributed by atoms with Gasteiger partial charge in [0.15, 0.2) is 0 Å². The van der Waals surface area contributed by atoms with Crippen molar-refractivity contribution >= 4 is 0 Å². The third-order valence-corrected chi connectivity index (χ3v) is 9.57. The van der Waals surface area contributed by atoms with Crippen molar-refractivity contribution in [2.45, 2.75) is 140 Å². The van der Waals surface area contributed by atoms with Crippen molar-refractivity contribution in [1.29, 1.82) is 0 Å². The summed E-state index contributed by atoms with van der Waals surface area (Å²) in [6, 6.07) is 0. The van der Waals surface area contributed by atoms with Crippen LogP contribution in [0.25, 0.3) is 0 Å². The molecule has 0 aliphatic rings. The van der Waals surface area contributed by atoms with E-state index in [0.29, 0.717) is 5.92 Å². The van der Waals surface area contributed by atoms with Gasteiger partial charge in [-0.25, -0.2) is 4.68 Å². The molecule has 4 heteroatoms. The highest BCUT2D eigenvalue weighted by molar-refractivity contribution is 5.11. The summed E-state index contributed by atoms with van der Waals surface area (Å²) >= 11 is 0. The Morgan fingerprint density at radius 2 is 1.36 bits per heavy atom. The molecule has 0 spiro atoms. The Hall–Kier alpha value is -0.900. The maximum absolute atomic E-state index is 6.53. The van der Waals surface area contributed by atoms with E-state index in [1.165, 1.54) is 0 Å². The fraction of sp³-hybridized carbons (Fsp3) is 0.931. The highest BCUT2D eigenvalue weighted by Gasteiger charge is 2.42. The molecule has 0 fully saturated rings. The summed E-state index contributed by atoms with van der Waals surface area (Å²) in [6.07, 6.45) is 4.29. The van der Waals surface area contributed by atoms with E-state index in [9.17, 15) is 0 Å². The minimum Gasteiger partial charge on any atom is -0.375 e. The van der Waals surface area contributed by atoms with Crippen LogP contribution in [0.3, 0.4) is 0 Å². The van der Waals surface area contributed by atoms with Crippen LogP contribution in [0.5, 0.6) is 0 Å². The van der Waals surface area contributed by atoms with Gasteiger partial charge in [-0.3, -0.25) is 0 Å². The second-order valence-corrected chi connectivity index (χ2v) is 15.0. The summed E-state index contributed by atoms with van der Waals surface area (Å²) in [4.78, 5) is 0. The van der Waals surface area contributed by atoms with Crippen LogP contribution in [0, 0.1) is 28.1 Å². The van der Waals surface area contributed by atoms with E-state index in [4.69, 9.17) is 4.74 Å². The SMILES string of the molecule is CC(C)C(C)(C)CC(C)(C)c1cn(C(C)(C)C(C)C(C)(C)OCCC(C)(C)C(C)(C)C)nn1. The molecule has 0 amide bonds. The lowest BCUT2D eigenvalue weighted by Crippen LogP contribution is -2.47. The fourth-order valence-electron chi connectivity index (χ4n) is 4.41. The minimum absolute atomic E-state index is 0.0319. The predicted molar refractivity (Wildman–Crippen MR) is 143 cm³/mol. The van der Waals surface area contributed by atoms with E-state index in [-0.39, 0.29) is 38.7 Å². The quantitative estimate of drug-likeness (QED) is 0.331. The third kappa shape index (κ3) is 7.05. The minimum atomic E-state index is -0.279. The van der Waals surface area contributed by atoms with Gasteiger partial charge in [-0.05, 0) is 62.7 Å². The number of hydrogen-bond acceptors (Lipinski definition) is 3. The Morgan fingerprint density at radius 1 is 0.848 bits per heavy atom. The second kappa shape index (κ2) is 9.63. The number of aromatic nitrogens is 3. The van der Waals surface area contributed by atoms with Crippen LogP contribution in [-0.2, 0) is 15.7 Å². The zero-order valence-corrected chi connectivity index (χ0v) is 25.1. The van der Waals surface area contributed by atoms with Crippen LogP contribution < -0.4 is 0 Å². The molecule has 1 aromatic heterocycles. The van der Waals surface area contributed by atoms with Crippen LogP contribution in [0.1, 0.15) is 129 Å². The summed E-state index contributed by atoms with van der Waals surface area (Å²) in [6.45, 7) is 37.5. The van der Waals surface area contributed by atoms with Crippen molar-refractivity contribution < 1.29 is 4.74 Å². The van der Waals surface area contributed by atoms with Crippen molar-refractivity contribution in [3.05, 3.63) is 11.9 Å². The number of ether oxygens (including phenoxy) is 1. The van der Waals surface area contributed by atoms with Crippen molar-refractivity contribution in [2.75, 3.05) is 6.61 Å². The molecule has 1 atom stereocenters. The van der Waals surface area contributed by atoms with Crippen molar-refractivity contribution in [3.8, 4) is 0 Å². The van der Waals surface area contributed by atoms with Gasteiger partial charge in [0.1, 0.15) is 0 Å². The predicted octanol–water partition coefficient (Wildman–Crippen LogP) is 8.26. The molecule has 0 aliphatic carbocycles. The molecule has 33 heavy (non-hydrogen) atoms. The molecule has 1 aromatic rings. The van der Waals surface area contributed by atoms with Crippen molar-refractivity contribution in [1.82, 2.24) is 15.0 Å². The summed E-state index contributed by atoms with van der Waals surface area (Å²) in [7, 11) is 0. The molecule has 0 bridgehead atoms. The van der Waals surface area contributed by atoms with Crippen LogP contribution in [-0.4, -0.2) is 27.2 Å². The maximum Gasteiger partial charge on any atom is 0.0883 e. The molecule has 4 nitrogen and oxygen atoms in total. The van der Waals surface area contributed by atoms with E-state index in [1.54, 1.807) is 0 Å². The van der Waals surface area contributed by atoms with Gasteiger partial charge in [-0.2, -0.15) is 0 Å². The standard InChI is InChI=1S/C29H57N3O/c1-21(2)25(7,8)20-26(9,10)23-19-32(31-30-23)28(13,14)22(3)29(15,16)33-18-17-27(11,12)24(4,5)6/h19,21-22H,17-18,20H2,1-16H3. The molecular weight excluding hydrogens is 406 g/mol. The molecule has 0 aromatic carbocycles. The van der Waals surface area contributed by atoms with Crippen LogP contribution in [0.2, 0.25) is 0 Å². The highest BCUT2D eigenvalue weighted by atomic mass is 16.5. The van der Waals surface area contributed by atoms with Gasteiger partial charge in [-0.1, -0.05) is 88.3 Å². The Labute approximate surface area is 206 Å². The van der Waals surface area contributed by atoms with Gasteiger partial charge >= 0.3 is 0 Å². The van der Waals surface area contributed by atoms with Gasteiger partial charge in [0.05, 0.1) is 16.8 Å². The molecule has 1 unspecified atom stereocenters. The Kier molecular flexibility index (Phi) is 8.79. The lowest BCUT2D eigenvalue weighted by Gasteiger charge is -2.44. The number of hydrogen-bond donors (Lipinski definition) is 0. The van der Waals surface area contributed by atoms with E-state index < -0.39 is 0 Å². The maximum atomic E-state index is 6.53. The fourth-order valence-corrected chi connectivity index (χ4v) is 4.41. The first-order valence-electron chi connectivity index (χ1n) is 13.0. The lowest BCUT2D eigenvalue weighted by atomic mass is 9.67. The highest BCUT2D eigenvalue weighted by Crippen LogP contribution is 2.43. The third-order valence-electron chi connectivity index (χ3n) is 9.57. The topological polar surface area (TPSA) is 39.9 Å². The monoisotopic (exact) mass is 463 g/mol. The van der Waals surface area contributed by atoms with Crippen LogP contribution >= 0.6 is 0 Å². The Balaban J connectivity index is 3.00. The average Bonchev–Trinajstić information content (AvgIpc) is 3.10. The molecule has 1 heterocycles. The van der Waals surface area contributed by atoms with Gasteiger partial charge in [0, 0.05) is 24.1 Å². The van der Waals surface area contributed by atoms with Gasteiger partial charge in [0.25, 0.3) is 0 Å². The molecule has 0 aliphatic heterocycles. The average molecular weight is 464 g/mol. The van der Waals surface area contributed by atoms with E-state index >= 15 is 0 Å². The zero-order chi connectivity index (χ0) is 26.3. The van der Waals surface area contributed by atoms with Gasteiger partial charge in [-0.15, -0.1) is 5.10 Å². The molecule has 0 saturated heterocycles. The van der Waals surface area contributed by atoms with E-state index in [0.717, 1.165) is 25.1 Å². The molecule has 1 rings (SSSR count). The van der Waals surface area contributed by atoms with Gasteiger partial charge < -0.3 is 4.74 Å². The largest absolute Gasteiger partial charge is 0.375 e. The Morgan fingerprint density at radius 3 is 1.82 bits per heavy atom. The molecular formula is C29H57N3O. The summed E-state index contributed by atoms with van der Waals surface area (Å²) in [5.74, 6) is 0.858. The lowest BCUT2D eigenvalue weighted by molar-refractivity contribution is -0.0989. The van der Waals surface area contributed by atoms with E-state index in [1.807, 2.05) is 0 Å². The summed E-state index contributed by atoms with van der Waals surface area (Å²) in [5.41, 5.74) is 1.25. The summed E-state index contributed by atoms with van der Waals surface area (Å²) in [5, 5.41) is 9.28. The molecule has 0 radical (unpaired) electrons. The Bertz CT molecular complexity index is 760. The van der Waals surface area contributed by atoms with Crippen molar-refractivity contribution in [3.63, 3.8) is 0 Å².